The molecule has 0 bridgehead atoms. The highest BCUT2D eigenvalue weighted by Crippen LogP contribution is 2.43. The zero-order valence-electron chi connectivity index (χ0n) is 37.4. The molecule has 0 unspecified atom stereocenters. The van der Waals surface area contributed by atoms with Gasteiger partial charge in [0.2, 0.25) is 0 Å². The lowest BCUT2D eigenvalue weighted by molar-refractivity contribution is 0.669. The van der Waals surface area contributed by atoms with E-state index in [2.05, 4.69) is 215 Å². The summed E-state index contributed by atoms with van der Waals surface area (Å²) in [5.41, 5.74) is 13.3. The van der Waals surface area contributed by atoms with Crippen LogP contribution in [0.5, 0.6) is 0 Å². The van der Waals surface area contributed by atoms with E-state index in [1.54, 1.807) is 11.3 Å². The highest BCUT2D eigenvalue weighted by molar-refractivity contribution is 7.26. The molecular weight excluding hydrogens is 875 g/mol. The van der Waals surface area contributed by atoms with E-state index >= 15 is 0 Å². The molecule has 0 amide bonds. The Balaban J connectivity index is 0.979. The Kier molecular flexibility index (Phi) is 8.43. The fourth-order valence-electron chi connectivity index (χ4n) is 10.8. The first-order valence-electron chi connectivity index (χ1n) is 23.5. The van der Waals surface area contributed by atoms with E-state index in [1.807, 2.05) is 18.2 Å². The molecule has 0 N–H and O–H groups in total. The smallest absolute Gasteiger partial charge is 0.165 e. The molecule has 326 valence electrons. The molecule has 0 radical (unpaired) electrons. The molecule has 0 spiro atoms. The van der Waals surface area contributed by atoms with Crippen LogP contribution in [0.3, 0.4) is 0 Å². The van der Waals surface area contributed by atoms with Gasteiger partial charge in [0.1, 0.15) is 11.2 Å². The van der Waals surface area contributed by atoms with Gasteiger partial charge in [-0.25, -0.2) is 15.0 Å². The summed E-state index contributed by atoms with van der Waals surface area (Å²) < 4.78 is 13.7. The number of hydrogen-bond donors (Lipinski definition) is 0. The normalized spacial score (nSPS) is 12.0. The van der Waals surface area contributed by atoms with Crippen molar-refractivity contribution >= 4 is 97.1 Å². The van der Waals surface area contributed by atoms with Gasteiger partial charge in [0.25, 0.3) is 0 Å². The summed E-state index contributed by atoms with van der Waals surface area (Å²) in [5.74, 6) is 1.79. The number of nitrogens with zero attached hydrogens (tertiary/aromatic N) is 5. The Morgan fingerprint density at radius 3 is 1.77 bits per heavy atom. The third kappa shape index (κ3) is 5.89. The predicted molar refractivity (Wildman–Crippen MR) is 290 cm³/mol. The van der Waals surface area contributed by atoms with Crippen LogP contribution < -0.4 is 0 Å². The van der Waals surface area contributed by atoms with Crippen molar-refractivity contribution in [1.82, 2.24) is 24.1 Å². The van der Waals surface area contributed by atoms with Crippen LogP contribution in [0.4, 0.5) is 0 Å². The molecule has 0 saturated heterocycles. The number of furan rings is 1. The van der Waals surface area contributed by atoms with Crippen LogP contribution in [0.1, 0.15) is 0 Å². The Hall–Kier alpha value is -9.17. The van der Waals surface area contributed by atoms with Gasteiger partial charge in [0.15, 0.2) is 17.5 Å². The Bertz CT molecular complexity index is 4610. The van der Waals surface area contributed by atoms with Crippen LogP contribution in [0, 0.1) is 0 Å². The summed E-state index contributed by atoms with van der Waals surface area (Å²) >= 11 is 1.78. The SMILES string of the molecule is c1ccc(-c2cccc(-n3c4ccccc4c4cccc(-n5c6ccccc6c6ccc(-c7nc(-c8ccc9c(c8)oc8ccccc89)nc(-c8cccc9c8sc8ccccc89)n7)cc65)c43)c2)cc1. The van der Waals surface area contributed by atoms with Crippen molar-refractivity contribution in [2.24, 2.45) is 0 Å². The van der Waals surface area contributed by atoms with Crippen molar-refractivity contribution in [3.05, 3.63) is 224 Å². The van der Waals surface area contributed by atoms with E-state index in [1.165, 1.54) is 42.8 Å². The maximum atomic E-state index is 6.41. The fraction of sp³-hybridized carbons (Fsp3) is 0. The van der Waals surface area contributed by atoms with Gasteiger partial charge in [-0.15, -0.1) is 11.3 Å². The minimum Gasteiger partial charge on any atom is -0.456 e. The Labute approximate surface area is 404 Å². The standard InChI is InChI=1S/C63H37N5OS/c1-2-15-38(16-3-1)39-17-12-18-42(35-39)67-52-26-8-5-20-44(52)49-23-14-28-54(59(49)67)68-53-27-9-4-19-43(53)45-33-31-40(36-55(45)68)61-64-62(41-32-34-47-46-21-6-10-29-56(46)69-57(47)37-41)66-63(65-61)51-25-13-24-50-48-22-7-11-30-58(48)70-60(50)51/h1-37H. The second kappa shape index (κ2) is 15.2. The lowest BCUT2D eigenvalue weighted by Gasteiger charge is -2.15. The van der Waals surface area contributed by atoms with Gasteiger partial charge in [-0.2, -0.15) is 0 Å². The van der Waals surface area contributed by atoms with Gasteiger partial charge in [-0.1, -0.05) is 158 Å². The molecule has 15 aromatic rings. The molecule has 5 heterocycles. The van der Waals surface area contributed by atoms with Crippen LogP contribution >= 0.6 is 11.3 Å². The Morgan fingerprint density at radius 1 is 0.343 bits per heavy atom. The average molecular weight is 912 g/mol. The number of benzene rings is 10. The number of rotatable bonds is 6. The van der Waals surface area contributed by atoms with Gasteiger partial charge in [0, 0.05) is 74.9 Å². The molecule has 0 fully saturated rings. The van der Waals surface area contributed by atoms with Crippen molar-refractivity contribution in [1.29, 1.82) is 0 Å². The lowest BCUT2D eigenvalue weighted by atomic mass is 10.1. The fourth-order valence-corrected chi connectivity index (χ4v) is 12.0. The molecule has 70 heavy (non-hydrogen) atoms. The van der Waals surface area contributed by atoms with E-state index in [4.69, 9.17) is 19.4 Å². The van der Waals surface area contributed by atoms with Crippen LogP contribution in [0.25, 0.3) is 142 Å². The summed E-state index contributed by atoms with van der Waals surface area (Å²) in [6.07, 6.45) is 0. The highest BCUT2D eigenvalue weighted by Gasteiger charge is 2.23. The number of hydrogen-bond acceptors (Lipinski definition) is 5. The third-order valence-electron chi connectivity index (χ3n) is 14.0. The van der Waals surface area contributed by atoms with E-state index in [-0.39, 0.29) is 0 Å². The monoisotopic (exact) mass is 911 g/mol. The molecule has 6 nitrogen and oxygen atoms in total. The molecule has 0 atom stereocenters. The van der Waals surface area contributed by atoms with Crippen molar-refractivity contribution < 1.29 is 4.42 Å². The largest absolute Gasteiger partial charge is 0.456 e. The maximum absolute atomic E-state index is 6.41. The third-order valence-corrected chi connectivity index (χ3v) is 15.2. The van der Waals surface area contributed by atoms with Crippen molar-refractivity contribution in [3.8, 4) is 56.7 Å². The highest BCUT2D eigenvalue weighted by atomic mass is 32.1. The summed E-state index contributed by atoms with van der Waals surface area (Å²) in [6, 6.07) is 79.8. The Morgan fingerprint density at radius 2 is 0.929 bits per heavy atom. The van der Waals surface area contributed by atoms with Crippen molar-refractivity contribution in [3.63, 3.8) is 0 Å². The molecule has 0 aliphatic rings. The zero-order chi connectivity index (χ0) is 45.9. The van der Waals surface area contributed by atoms with Gasteiger partial charge >= 0.3 is 0 Å². The van der Waals surface area contributed by atoms with E-state index in [0.717, 1.165) is 82.2 Å². The number of para-hydroxylation sites is 4. The van der Waals surface area contributed by atoms with Gasteiger partial charge in [0.05, 0.1) is 27.8 Å². The van der Waals surface area contributed by atoms with Gasteiger partial charge in [-0.05, 0) is 77.9 Å². The van der Waals surface area contributed by atoms with Crippen molar-refractivity contribution in [2.75, 3.05) is 0 Å². The van der Waals surface area contributed by atoms with Crippen LogP contribution in [-0.4, -0.2) is 24.1 Å². The van der Waals surface area contributed by atoms with Gasteiger partial charge < -0.3 is 13.6 Å². The van der Waals surface area contributed by atoms with Crippen LogP contribution in [-0.2, 0) is 0 Å². The predicted octanol–water partition coefficient (Wildman–Crippen LogP) is 17.0. The second-order valence-corrected chi connectivity index (χ2v) is 19.0. The summed E-state index contributed by atoms with van der Waals surface area (Å²) in [6.45, 7) is 0. The number of thiophene rings is 1. The lowest BCUT2D eigenvalue weighted by Crippen LogP contribution is -2.02. The van der Waals surface area contributed by atoms with Gasteiger partial charge in [-0.3, -0.25) is 0 Å². The van der Waals surface area contributed by atoms with E-state index < -0.39 is 0 Å². The minimum absolute atomic E-state index is 0.577. The molecule has 0 saturated carbocycles. The molecule has 0 aliphatic heterocycles. The van der Waals surface area contributed by atoms with Crippen molar-refractivity contribution in [2.45, 2.75) is 0 Å². The molecule has 5 aromatic heterocycles. The first-order chi connectivity index (χ1) is 34.7. The molecule has 7 heteroatoms. The van der Waals surface area contributed by atoms with Crippen LogP contribution in [0.15, 0.2) is 229 Å². The second-order valence-electron chi connectivity index (χ2n) is 17.9. The first kappa shape index (κ1) is 38.9. The topological polar surface area (TPSA) is 61.7 Å². The van der Waals surface area contributed by atoms with Crippen LogP contribution in [0.2, 0.25) is 0 Å². The minimum atomic E-state index is 0.577. The number of fused-ring (bicyclic) bond motifs is 12. The van der Waals surface area contributed by atoms with E-state index in [9.17, 15) is 0 Å². The average Bonchev–Trinajstić information content (AvgIpc) is 4.18. The molecule has 15 rings (SSSR count). The van der Waals surface area contributed by atoms with E-state index in [0.29, 0.717) is 17.5 Å². The number of aromatic nitrogens is 5. The molecular formula is C63H37N5OS. The zero-order valence-corrected chi connectivity index (χ0v) is 38.2. The molecule has 10 aromatic carbocycles. The maximum Gasteiger partial charge on any atom is 0.165 e. The quantitative estimate of drug-likeness (QED) is 0.167. The summed E-state index contributed by atoms with van der Waals surface area (Å²) in [5, 5.41) is 9.25. The first-order valence-corrected chi connectivity index (χ1v) is 24.3. The summed E-state index contributed by atoms with van der Waals surface area (Å²) in [7, 11) is 0. The summed E-state index contributed by atoms with van der Waals surface area (Å²) in [4.78, 5) is 16.0. The molecule has 0 aliphatic carbocycles.